The third-order valence-corrected chi connectivity index (χ3v) is 11.0. The van der Waals surface area contributed by atoms with Gasteiger partial charge in [-0.05, 0) is 86.1 Å². The van der Waals surface area contributed by atoms with Gasteiger partial charge in [0, 0.05) is 34.4 Å². The molecule has 11 heteroatoms. The molecular formula is C31H37Cl2FN4O4. The lowest BCUT2D eigenvalue weighted by Crippen LogP contribution is -2.61. The lowest BCUT2D eigenvalue weighted by atomic mass is 9.53. The van der Waals surface area contributed by atoms with Crippen LogP contribution in [0.2, 0.25) is 10.2 Å². The fourth-order valence-electron chi connectivity index (χ4n) is 8.08. The summed E-state index contributed by atoms with van der Waals surface area (Å²) >= 11 is 12.6. The van der Waals surface area contributed by atoms with E-state index in [9.17, 15) is 19.8 Å². The maximum absolute atomic E-state index is 16.0. The first-order valence-corrected chi connectivity index (χ1v) is 15.4. The van der Waals surface area contributed by atoms with E-state index in [0.29, 0.717) is 54.8 Å². The number of anilines is 1. The van der Waals surface area contributed by atoms with E-state index >= 15 is 4.39 Å². The molecule has 2 amide bonds. The zero-order valence-corrected chi connectivity index (χ0v) is 25.3. The summed E-state index contributed by atoms with van der Waals surface area (Å²) in [7, 11) is 0. The van der Waals surface area contributed by atoms with E-state index in [4.69, 9.17) is 23.2 Å². The lowest BCUT2D eigenvalue weighted by Gasteiger charge is -2.50. The topological polar surface area (TPSA) is 124 Å². The Kier molecular flexibility index (Phi) is 7.37. The smallest absolute Gasteiger partial charge is 0.238 e. The summed E-state index contributed by atoms with van der Waals surface area (Å²) < 4.78 is 16.0. The molecule has 1 aromatic carbocycles. The van der Waals surface area contributed by atoms with Gasteiger partial charge in [-0.15, -0.1) is 0 Å². The minimum atomic E-state index is -1.33. The van der Waals surface area contributed by atoms with Crippen LogP contribution < -0.4 is 16.0 Å². The van der Waals surface area contributed by atoms with Crippen molar-refractivity contribution in [1.82, 2.24) is 15.6 Å². The molecule has 3 heterocycles. The number of carbonyl (C=O) groups excluding carboxylic acids is 2. The molecule has 226 valence electrons. The molecule has 5 N–H and O–H groups in total. The van der Waals surface area contributed by atoms with Crippen LogP contribution in [0.5, 0.6) is 0 Å². The van der Waals surface area contributed by atoms with Gasteiger partial charge in [0.1, 0.15) is 5.41 Å². The summed E-state index contributed by atoms with van der Waals surface area (Å²) in [5, 5.41) is 30.0. The van der Waals surface area contributed by atoms with E-state index in [1.165, 1.54) is 12.3 Å². The van der Waals surface area contributed by atoms with Gasteiger partial charge in [0.05, 0.1) is 18.2 Å². The predicted octanol–water partition coefficient (Wildman–Crippen LogP) is 4.59. The van der Waals surface area contributed by atoms with Crippen LogP contribution in [0.1, 0.15) is 82.3 Å². The molecule has 3 unspecified atom stereocenters. The number of amides is 2. The zero-order chi connectivity index (χ0) is 30.1. The van der Waals surface area contributed by atoms with Crippen molar-refractivity contribution in [1.29, 1.82) is 0 Å². The van der Waals surface area contributed by atoms with Crippen LogP contribution in [0.4, 0.5) is 10.1 Å². The Balaban J connectivity index is 1.50. The van der Waals surface area contributed by atoms with Crippen molar-refractivity contribution in [2.45, 2.75) is 99.8 Å². The first-order valence-electron chi connectivity index (χ1n) is 14.7. The number of nitrogens with zero attached hydrogens (tertiary/aromatic N) is 1. The maximum Gasteiger partial charge on any atom is 0.238 e. The van der Waals surface area contributed by atoms with E-state index in [0.717, 1.165) is 12.8 Å². The Morgan fingerprint density at radius 2 is 1.81 bits per heavy atom. The third-order valence-electron chi connectivity index (χ3n) is 10.5. The summed E-state index contributed by atoms with van der Waals surface area (Å²) in [5.41, 5.74) is -1.91. The number of aromatic nitrogens is 1. The van der Waals surface area contributed by atoms with Crippen LogP contribution in [0, 0.1) is 11.2 Å². The largest absolute Gasteiger partial charge is 0.393 e. The molecular weight excluding hydrogens is 582 g/mol. The van der Waals surface area contributed by atoms with Gasteiger partial charge in [-0.2, -0.15) is 0 Å². The summed E-state index contributed by atoms with van der Waals surface area (Å²) in [5.74, 6) is -2.34. The number of pyridine rings is 1. The van der Waals surface area contributed by atoms with Crippen molar-refractivity contribution in [2.24, 2.45) is 5.41 Å². The van der Waals surface area contributed by atoms with Crippen LogP contribution in [-0.2, 0) is 15.0 Å². The molecule has 4 aliphatic rings. The van der Waals surface area contributed by atoms with Crippen molar-refractivity contribution >= 4 is 40.7 Å². The lowest BCUT2D eigenvalue weighted by molar-refractivity contribution is -0.125. The first-order chi connectivity index (χ1) is 19.8. The number of aliphatic hydroxyl groups is 2. The number of benzene rings is 1. The summed E-state index contributed by atoms with van der Waals surface area (Å²) in [6.45, 7) is 4.07. The zero-order valence-electron chi connectivity index (χ0n) is 23.8. The number of hydrogen-bond acceptors (Lipinski definition) is 6. The van der Waals surface area contributed by atoms with Crippen LogP contribution in [0.25, 0.3) is 0 Å². The van der Waals surface area contributed by atoms with E-state index in [1.54, 1.807) is 12.1 Å². The Hall–Kier alpha value is -2.30. The van der Waals surface area contributed by atoms with Gasteiger partial charge < -0.3 is 20.8 Å². The van der Waals surface area contributed by atoms with Crippen molar-refractivity contribution in [3.05, 3.63) is 57.6 Å². The monoisotopic (exact) mass is 618 g/mol. The molecule has 3 atom stereocenters. The molecule has 0 bridgehead atoms. The van der Waals surface area contributed by atoms with Crippen molar-refractivity contribution in [3.63, 3.8) is 0 Å². The highest BCUT2D eigenvalue weighted by molar-refractivity contribution is 6.31. The highest BCUT2D eigenvalue weighted by Gasteiger charge is 2.73. The average Bonchev–Trinajstić information content (AvgIpc) is 3.41. The number of fused-ring (bicyclic) bond motifs is 3. The number of halogens is 3. The van der Waals surface area contributed by atoms with E-state index in [2.05, 4.69) is 34.8 Å². The summed E-state index contributed by atoms with van der Waals surface area (Å²) in [4.78, 5) is 32.7. The molecule has 6 rings (SSSR count). The molecule has 1 saturated heterocycles. The SMILES string of the molecule is CC1(C)CCC2(CC1)NC(C(=O)NC1CCC(O)(CO)CC1)C(c1ccnc(Cl)c1F)C21C(=O)Nc2cc(Cl)ccc21. The van der Waals surface area contributed by atoms with Gasteiger partial charge in [-0.3, -0.25) is 14.9 Å². The molecule has 3 fully saturated rings. The highest BCUT2D eigenvalue weighted by Crippen LogP contribution is 2.64. The molecule has 2 aliphatic heterocycles. The normalized spacial score (nSPS) is 33.0. The average molecular weight is 620 g/mol. The molecule has 2 aromatic rings. The number of hydrogen-bond donors (Lipinski definition) is 5. The third kappa shape index (κ3) is 4.54. The van der Waals surface area contributed by atoms with E-state index in [-0.39, 0.29) is 40.6 Å². The van der Waals surface area contributed by atoms with Crippen molar-refractivity contribution in [2.75, 3.05) is 11.9 Å². The van der Waals surface area contributed by atoms with Gasteiger partial charge in [0.25, 0.3) is 0 Å². The Morgan fingerprint density at radius 1 is 1.12 bits per heavy atom. The standard InChI is InChI=1S/C31H37Cl2FN4O4/c1-28(2)10-12-30(13-11-28)31(20-4-3-17(32)15-21(20)37-27(31)41)22(19-7-14-35-25(33)23(19)34)24(38-30)26(40)36-18-5-8-29(42,16-39)9-6-18/h3-4,7,14-15,18,22,24,38-39,42H,5-6,8-13,16H2,1-2H3,(H,36,40)(H,37,41). The van der Waals surface area contributed by atoms with E-state index in [1.807, 2.05) is 6.07 Å². The molecule has 1 aromatic heterocycles. The molecule has 2 spiro atoms. The fourth-order valence-corrected chi connectivity index (χ4v) is 8.41. The van der Waals surface area contributed by atoms with Crippen LogP contribution in [0.3, 0.4) is 0 Å². The summed E-state index contributed by atoms with van der Waals surface area (Å²) in [6, 6.07) is 5.57. The number of aliphatic hydroxyl groups excluding tert-OH is 1. The van der Waals surface area contributed by atoms with Crippen LogP contribution in [-0.4, -0.2) is 56.8 Å². The van der Waals surface area contributed by atoms with E-state index < -0.39 is 34.3 Å². The number of carbonyl (C=O) groups is 2. The minimum Gasteiger partial charge on any atom is -0.393 e. The minimum absolute atomic E-state index is 0.0404. The highest BCUT2D eigenvalue weighted by atomic mass is 35.5. The van der Waals surface area contributed by atoms with Gasteiger partial charge in [0.15, 0.2) is 11.0 Å². The fraction of sp³-hybridized carbons (Fsp3) is 0.581. The summed E-state index contributed by atoms with van der Waals surface area (Å²) in [6.07, 6.45) is 5.90. The number of rotatable bonds is 4. The molecule has 2 aliphatic carbocycles. The van der Waals surface area contributed by atoms with Crippen molar-refractivity contribution in [3.8, 4) is 0 Å². The maximum atomic E-state index is 16.0. The van der Waals surface area contributed by atoms with Gasteiger partial charge >= 0.3 is 0 Å². The van der Waals surface area contributed by atoms with Crippen LogP contribution in [0.15, 0.2) is 30.5 Å². The van der Waals surface area contributed by atoms with Gasteiger partial charge in [0.2, 0.25) is 11.8 Å². The van der Waals surface area contributed by atoms with Gasteiger partial charge in [-0.1, -0.05) is 43.1 Å². The van der Waals surface area contributed by atoms with Crippen molar-refractivity contribution < 1.29 is 24.2 Å². The molecule has 0 radical (unpaired) electrons. The molecule has 42 heavy (non-hydrogen) atoms. The van der Waals surface area contributed by atoms with Gasteiger partial charge in [-0.25, -0.2) is 9.37 Å². The second-order valence-corrected chi connectivity index (χ2v) is 14.3. The Bertz CT molecular complexity index is 1420. The Labute approximate surface area is 254 Å². The quantitative estimate of drug-likeness (QED) is 0.319. The molecule has 8 nitrogen and oxygen atoms in total. The Morgan fingerprint density at radius 3 is 2.48 bits per heavy atom. The second kappa shape index (κ2) is 10.4. The number of nitrogens with one attached hydrogen (secondary N) is 3. The predicted molar refractivity (Wildman–Crippen MR) is 158 cm³/mol. The second-order valence-electron chi connectivity index (χ2n) is 13.5. The molecule has 2 saturated carbocycles. The van der Waals surface area contributed by atoms with Crippen LogP contribution >= 0.6 is 23.2 Å². The first kappa shape index (κ1) is 29.8.